The number of hydrogen-bond acceptors (Lipinski definition) is 2. The molecule has 0 aliphatic heterocycles. The third kappa shape index (κ3) is 4.67. The molecule has 1 fully saturated rings. The van der Waals surface area contributed by atoms with E-state index in [0.717, 1.165) is 31.2 Å². The van der Waals surface area contributed by atoms with Crippen molar-refractivity contribution in [3.63, 3.8) is 0 Å². The smallest absolute Gasteiger partial charge is 0.221 e. The van der Waals surface area contributed by atoms with Crippen molar-refractivity contribution in [3.8, 4) is 0 Å². The van der Waals surface area contributed by atoms with Gasteiger partial charge in [0.25, 0.3) is 0 Å². The summed E-state index contributed by atoms with van der Waals surface area (Å²) < 4.78 is 14.3. The van der Waals surface area contributed by atoms with Crippen molar-refractivity contribution in [2.45, 2.75) is 50.2 Å². The van der Waals surface area contributed by atoms with Crippen molar-refractivity contribution in [1.29, 1.82) is 0 Å². The van der Waals surface area contributed by atoms with E-state index in [9.17, 15) is 14.3 Å². The molecule has 3 rings (SSSR count). The van der Waals surface area contributed by atoms with Gasteiger partial charge in [0.2, 0.25) is 5.91 Å². The fourth-order valence-electron chi connectivity index (χ4n) is 3.54. The normalized spacial score (nSPS) is 21.5. The minimum atomic E-state index is -0.309. The number of rotatable bonds is 5. The van der Waals surface area contributed by atoms with E-state index in [2.05, 4.69) is 5.32 Å². The first-order valence-electron chi connectivity index (χ1n) is 8.90. The van der Waals surface area contributed by atoms with Gasteiger partial charge in [0.05, 0.1) is 6.10 Å². The maximum absolute atomic E-state index is 14.3. The van der Waals surface area contributed by atoms with Crippen molar-refractivity contribution in [1.82, 2.24) is 5.32 Å². The van der Waals surface area contributed by atoms with Crippen molar-refractivity contribution in [2.24, 2.45) is 0 Å². The number of aliphatic hydroxyl groups excluding tert-OH is 1. The van der Waals surface area contributed by atoms with E-state index in [1.165, 1.54) is 6.07 Å². The SMILES string of the molecule is O=C(CC(c1ccccc1)c1ccccc1F)NC1CCC(O)CC1. The fraction of sp³-hybridized carbons (Fsp3) is 0.381. The molecule has 2 aromatic rings. The van der Waals surface area contributed by atoms with E-state index in [1.807, 2.05) is 30.3 Å². The maximum atomic E-state index is 14.3. The lowest BCUT2D eigenvalue weighted by molar-refractivity contribution is -0.122. The monoisotopic (exact) mass is 341 g/mol. The number of aliphatic hydroxyl groups is 1. The van der Waals surface area contributed by atoms with E-state index in [0.29, 0.717) is 5.56 Å². The summed E-state index contributed by atoms with van der Waals surface area (Å²) in [7, 11) is 0. The second kappa shape index (κ2) is 8.26. The third-order valence-corrected chi connectivity index (χ3v) is 4.93. The van der Waals surface area contributed by atoms with Crippen LogP contribution in [0.15, 0.2) is 54.6 Å². The van der Waals surface area contributed by atoms with Crippen LogP contribution in [0.4, 0.5) is 4.39 Å². The molecule has 0 aromatic heterocycles. The summed E-state index contributed by atoms with van der Waals surface area (Å²) in [6, 6.07) is 16.3. The number of halogens is 1. The zero-order chi connectivity index (χ0) is 17.6. The largest absolute Gasteiger partial charge is 0.393 e. The lowest BCUT2D eigenvalue weighted by Gasteiger charge is -2.27. The molecule has 0 radical (unpaired) electrons. The third-order valence-electron chi connectivity index (χ3n) is 4.93. The first kappa shape index (κ1) is 17.6. The van der Waals surface area contributed by atoms with Crippen LogP contribution in [0.1, 0.15) is 49.1 Å². The molecule has 1 amide bonds. The van der Waals surface area contributed by atoms with Gasteiger partial charge >= 0.3 is 0 Å². The van der Waals surface area contributed by atoms with Gasteiger partial charge < -0.3 is 10.4 Å². The Bertz CT molecular complexity index is 696. The highest BCUT2D eigenvalue weighted by atomic mass is 19.1. The second-order valence-corrected chi connectivity index (χ2v) is 6.76. The van der Waals surface area contributed by atoms with Crippen LogP contribution in [0, 0.1) is 5.82 Å². The van der Waals surface area contributed by atoms with Gasteiger partial charge in [-0.05, 0) is 42.9 Å². The average Bonchev–Trinajstić information content (AvgIpc) is 2.63. The number of amides is 1. The Labute approximate surface area is 147 Å². The van der Waals surface area contributed by atoms with Crippen LogP contribution in [0.2, 0.25) is 0 Å². The topological polar surface area (TPSA) is 49.3 Å². The van der Waals surface area contributed by atoms with Gasteiger partial charge in [0.1, 0.15) is 5.82 Å². The van der Waals surface area contributed by atoms with Crippen LogP contribution in [-0.2, 0) is 4.79 Å². The lowest BCUT2D eigenvalue weighted by Crippen LogP contribution is -2.39. The summed E-state index contributed by atoms with van der Waals surface area (Å²) in [5.74, 6) is -0.667. The van der Waals surface area contributed by atoms with Gasteiger partial charge in [-0.25, -0.2) is 4.39 Å². The molecule has 1 aliphatic carbocycles. The molecule has 1 atom stereocenters. The Kier molecular flexibility index (Phi) is 5.82. The summed E-state index contributed by atoms with van der Waals surface area (Å²) in [5.41, 5.74) is 1.48. The van der Waals surface area contributed by atoms with Crippen molar-refractivity contribution in [3.05, 3.63) is 71.5 Å². The first-order valence-corrected chi connectivity index (χ1v) is 8.90. The molecule has 2 N–H and O–H groups in total. The van der Waals surface area contributed by atoms with E-state index < -0.39 is 0 Å². The van der Waals surface area contributed by atoms with Gasteiger partial charge in [-0.15, -0.1) is 0 Å². The van der Waals surface area contributed by atoms with Crippen molar-refractivity contribution in [2.75, 3.05) is 0 Å². The molecule has 0 heterocycles. The molecular weight excluding hydrogens is 317 g/mol. The van der Waals surface area contributed by atoms with E-state index in [1.54, 1.807) is 18.2 Å². The van der Waals surface area contributed by atoms with Gasteiger partial charge in [-0.2, -0.15) is 0 Å². The Hall–Kier alpha value is -2.20. The fourth-order valence-corrected chi connectivity index (χ4v) is 3.54. The Balaban J connectivity index is 1.74. The summed E-state index contributed by atoms with van der Waals surface area (Å²) >= 11 is 0. The number of benzene rings is 2. The summed E-state index contributed by atoms with van der Waals surface area (Å²) in [6.45, 7) is 0. The minimum absolute atomic E-state index is 0.0708. The van der Waals surface area contributed by atoms with Crippen molar-refractivity contribution < 1.29 is 14.3 Å². The van der Waals surface area contributed by atoms with Crippen LogP contribution in [0.25, 0.3) is 0 Å². The molecule has 0 spiro atoms. The number of hydrogen-bond donors (Lipinski definition) is 2. The predicted molar refractivity (Wildman–Crippen MR) is 95.7 cm³/mol. The van der Waals surface area contributed by atoms with Gasteiger partial charge in [0.15, 0.2) is 0 Å². The Morgan fingerprint density at radius 1 is 1.04 bits per heavy atom. The van der Waals surface area contributed by atoms with Crippen LogP contribution in [0.3, 0.4) is 0 Å². The standard InChI is InChI=1S/C21H24FNO2/c22-20-9-5-4-8-18(20)19(15-6-2-1-3-7-15)14-21(25)23-16-10-12-17(24)13-11-16/h1-9,16-17,19,24H,10-14H2,(H,23,25). The molecule has 3 nitrogen and oxygen atoms in total. The highest BCUT2D eigenvalue weighted by Gasteiger charge is 2.24. The van der Waals surface area contributed by atoms with Crippen LogP contribution >= 0.6 is 0 Å². The Morgan fingerprint density at radius 2 is 1.68 bits per heavy atom. The molecular formula is C21H24FNO2. The number of nitrogens with one attached hydrogen (secondary N) is 1. The van der Waals surface area contributed by atoms with Gasteiger partial charge in [0, 0.05) is 18.4 Å². The van der Waals surface area contributed by atoms with E-state index in [4.69, 9.17) is 0 Å². The molecule has 132 valence electrons. The van der Waals surface area contributed by atoms with Crippen molar-refractivity contribution >= 4 is 5.91 Å². The average molecular weight is 341 g/mol. The quantitative estimate of drug-likeness (QED) is 0.870. The molecule has 4 heteroatoms. The van der Waals surface area contributed by atoms with Gasteiger partial charge in [-0.3, -0.25) is 4.79 Å². The highest BCUT2D eigenvalue weighted by Crippen LogP contribution is 2.30. The summed E-state index contributed by atoms with van der Waals surface area (Å²) in [6.07, 6.45) is 3.00. The highest BCUT2D eigenvalue weighted by molar-refractivity contribution is 5.78. The lowest BCUT2D eigenvalue weighted by atomic mass is 9.87. The number of carbonyl (C=O) groups is 1. The zero-order valence-electron chi connectivity index (χ0n) is 14.2. The zero-order valence-corrected chi connectivity index (χ0v) is 14.2. The first-order chi connectivity index (χ1) is 12.1. The van der Waals surface area contributed by atoms with Gasteiger partial charge in [-0.1, -0.05) is 48.5 Å². The molecule has 25 heavy (non-hydrogen) atoms. The molecule has 0 bridgehead atoms. The maximum Gasteiger partial charge on any atom is 0.221 e. The van der Waals surface area contributed by atoms with Crippen LogP contribution in [0.5, 0.6) is 0 Å². The minimum Gasteiger partial charge on any atom is -0.393 e. The van der Waals surface area contributed by atoms with Crippen LogP contribution in [-0.4, -0.2) is 23.2 Å². The molecule has 1 aliphatic rings. The molecule has 0 saturated heterocycles. The van der Waals surface area contributed by atoms with E-state index in [-0.39, 0.29) is 36.2 Å². The summed E-state index contributed by atoms with van der Waals surface area (Å²) in [4.78, 5) is 12.6. The Morgan fingerprint density at radius 3 is 2.36 bits per heavy atom. The second-order valence-electron chi connectivity index (χ2n) is 6.76. The predicted octanol–water partition coefficient (Wildman–Crippen LogP) is 3.77. The molecule has 1 unspecified atom stereocenters. The van der Waals surface area contributed by atoms with Crippen LogP contribution < -0.4 is 5.32 Å². The number of carbonyl (C=O) groups excluding carboxylic acids is 1. The van der Waals surface area contributed by atoms with E-state index >= 15 is 0 Å². The molecule has 2 aromatic carbocycles. The summed E-state index contributed by atoms with van der Waals surface area (Å²) in [5, 5.41) is 12.6. The molecule has 1 saturated carbocycles.